The molecule has 1 fully saturated rings. The molecule has 1 aromatic rings. The summed E-state index contributed by atoms with van der Waals surface area (Å²) in [4.78, 5) is 15.3. The van der Waals surface area contributed by atoms with E-state index in [1.807, 2.05) is 23.5 Å². The molecule has 3 unspecified atom stereocenters. The predicted molar refractivity (Wildman–Crippen MR) is 70.4 cm³/mol. The van der Waals surface area contributed by atoms with Crippen molar-refractivity contribution in [3.63, 3.8) is 0 Å². The smallest absolute Gasteiger partial charge is 0.234 e. The average molecular weight is 272 g/mol. The normalized spacial score (nSPS) is 29.2. The van der Waals surface area contributed by atoms with Crippen molar-refractivity contribution in [3.8, 4) is 0 Å². The second kappa shape index (κ2) is 5.44. The Hall–Kier alpha value is -0.490. The molecule has 0 N–H and O–H groups in total. The van der Waals surface area contributed by atoms with Crippen LogP contribution in [0.15, 0.2) is 4.52 Å². The summed E-state index contributed by atoms with van der Waals surface area (Å²) in [5.41, 5.74) is 0. The zero-order valence-corrected chi connectivity index (χ0v) is 11.8. The van der Waals surface area contributed by atoms with Gasteiger partial charge in [0.1, 0.15) is 5.78 Å². The molecule has 0 bridgehead atoms. The largest absolute Gasteiger partial charge is 0.339 e. The van der Waals surface area contributed by atoms with Crippen molar-refractivity contribution in [2.24, 2.45) is 0 Å². The van der Waals surface area contributed by atoms with Gasteiger partial charge in [-0.2, -0.15) is 16.7 Å². The Bertz CT molecular complexity index is 408. The minimum Gasteiger partial charge on any atom is -0.339 e. The fourth-order valence-corrected chi connectivity index (χ4v) is 4.44. The lowest BCUT2D eigenvalue weighted by Gasteiger charge is -2.29. The molecule has 17 heavy (non-hydrogen) atoms. The number of carbonyl (C=O) groups is 1. The zero-order valence-electron chi connectivity index (χ0n) is 10.2. The summed E-state index contributed by atoms with van der Waals surface area (Å²) in [6.07, 6.45) is 0.240. The van der Waals surface area contributed by atoms with E-state index in [2.05, 4.69) is 24.0 Å². The van der Waals surface area contributed by atoms with Crippen LogP contribution in [0.25, 0.3) is 0 Å². The molecular formula is C11H16N2O2S2. The molecular weight excluding hydrogens is 256 g/mol. The van der Waals surface area contributed by atoms with Crippen molar-refractivity contribution in [2.75, 3.05) is 5.75 Å². The first-order valence-electron chi connectivity index (χ1n) is 5.65. The van der Waals surface area contributed by atoms with Gasteiger partial charge in [-0.05, 0) is 6.92 Å². The number of thioether (sulfide) groups is 2. The lowest BCUT2D eigenvalue weighted by molar-refractivity contribution is -0.116. The lowest BCUT2D eigenvalue weighted by Crippen LogP contribution is -2.22. The number of hydrogen-bond donors (Lipinski definition) is 0. The van der Waals surface area contributed by atoms with Crippen LogP contribution in [0.5, 0.6) is 0 Å². The van der Waals surface area contributed by atoms with Crippen molar-refractivity contribution >= 4 is 29.3 Å². The van der Waals surface area contributed by atoms with E-state index < -0.39 is 0 Å². The van der Waals surface area contributed by atoms with Gasteiger partial charge >= 0.3 is 0 Å². The molecule has 1 aromatic heterocycles. The van der Waals surface area contributed by atoms with Crippen LogP contribution in [0.2, 0.25) is 0 Å². The molecule has 0 radical (unpaired) electrons. The van der Waals surface area contributed by atoms with Crippen LogP contribution in [-0.2, 0) is 11.2 Å². The van der Waals surface area contributed by atoms with Gasteiger partial charge in [-0.1, -0.05) is 19.0 Å². The zero-order chi connectivity index (χ0) is 12.4. The van der Waals surface area contributed by atoms with Crippen molar-refractivity contribution in [1.29, 1.82) is 0 Å². The number of rotatable bonds is 3. The number of Topliss-reactive ketones (excluding diaryl/α,β-unsaturated/α-hetero) is 1. The first-order valence-corrected chi connectivity index (χ1v) is 7.64. The molecule has 0 aliphatic carbocycles. The van der Waals surface area contributed by atoms with Crippen LogP contribution in [0.1, 0.15) is 37.7 Å². The quantitative estimate of drug-likeness (QED) is 0.842. The molecule has 0 amide bonds. The van der Waals surface area contributed by atoms with Crippen LogP contribution >= 0.6 is 23.5 Å². The van der Waals surface area contributed by atoms with Gasteiger partial charge in [-0.15, -0.1) is 11.8 Å². The van der Waals surface area contributed by atoms with Gasteiger partial charge in [0, 0.05) is 16.3 Å². The van der Waals surface area contributed by atoms with E-state index in [4.69, 9.17) is 4.52 Å². The molecule has 1 aliphatic heterocycles. The van der Waals surface area contributed by atoms with E-state index in [1.54, 1.807) is 0 Å². The fraction of sp³-hybridized carbons (Fsp3) is 0.727. The third-order valence-electron chi connectivity index (χ3n) is 2.72. The molecule has 94 valence electrons. The Morgan fingerprint density at radius 3 is 2.88 bits per heavy atom. The van der Waals surface area contributed by atoms with Crippen LogP contribution < -0.4 is 0 Å². The van der Waals surface area contributed by atoms with Crippen LogP contribution in [0.4, 0.5) is 0 Å². The maximum atomic E-state index is 11.0. The minimum absolute atomic E-state index is 0.0489. The second-order valence-electron chi connectivity index (χ2n) is 4.29. The van der Waals surface area contributed by atoms with Crippen molar-refractivity contribution in [1.82, 2.24) is 10.1 Å². The van der Waals surface area contributed by atoms with E-state index in [0.29, 0.717) is 16.4 Å². The van der Waals surface area contributed by atoms with Gasteiger partial charge in [-0.25, -0.2) is 0 Å². The van der Waals surface area contributed by atoms with Gasteiger partial charge in [0.05, 0.1) is 11.7 Å². The van der Waals surface area contributed by atoms with Crippen molar-refractivity contribution in [2.45, 2.75) is 42.9 Å². The summed E-state index contributed by atoms with van der Waals surface area (Å²) in [7, 11) is 0. The topological polar surface area (TPSA) is 56.0 Å². The van der Waals surface area contributed by atoms with E-state index in [0.717, 1.165) is 11.6 Å². The van der Waals surface area contributed by atoms with Crippen molar-refractivity contribution < 1.29 is 9.32 Å². The maximum Gasteiger partial charge on any atom is 0.234 e. The van der Waals surface area contributed by atoms with E-state index >= 15 is 0 Å². The van der Waals surface area contributed by atoms with Gasteiger partial charge in [0.25, 0.3) is 0 Å². The number of carbonyl (C=O) groups excluding carboxylic acids is 1. The third-order valence-corrected chi connectivity index (χ3v) is 6.11. The molecule has 2 rings (SSSR count). The molecule has 6 heteroatoms. The Morgan fingerprint density at radius 1 is 1.47 bits per heavy atom. The average Bonchev–Trinajstić information content (AvgIpc) is 2.69. The highest BCUT2D eigenvalue weighted by molar-refractivity contribution is 8.07. The summed E-state index contributed by atoms with van der Waals surface area (Å²) < 4.78 is 5.09. The number of hydrogen-bond acceptors (Lipinski definition) is 6. The second-order valence-corrected chi connectivity index (χ2v) is 7.29. The molecule has 2 heterocycles. The first kappa shape index (κ1) is 13.0. The van der Waals surface area contributed by atoms with E-state index in [9.17, 15) is 4.79 Å². The number of nitrogens with zero attached hydrogens (tertiary/aromatic N) is 2. The standard InChI is InChI=1S/C11H16N2O2S2/c1-6(14)4-10-12-11(13-15-10)9-5-16-7(2)8(3)17-9/h7-9H,4-5H2,1-3H3. The summed E-state index contributed by atoms with van der Waals surface area (Å²) >= 11 is 3.83. The lowest BCUT2D eigenvalue weighted by atomic mass is 10.3. The van der Waals surface area contributed by atoms with Gasteiger partial charge in [0.2, 0.25) is 5.89 Å². The fourth-order valence-electron chi connectivity index (χ4n) is 1.60. The number of aromatic nitrogens is 2. The Morgan fingerprint density at radius 2 is 2.24 bits per heavy atom. The SMILES string of the molecule is CC(=O)Cc1nc(C2CSC(C)C(C)S2)no1. The van der Waals surface area contributed by atoms with Crippen LogP contribution in [0, 0.1) is 0 Å². The first-order chi connectivity index (χ1) is 8.06. The summed E-state index contributed by atoms with van der Waals surface area (Å²) in [5, 5.41) is 5.53. The Balaban J connectivity index is 2.02. The highest BCUT2D eigenvalue weighted by atomic mass is 32.2. The van der Waals surface area contributed by atoms with E-state index in [1.165, 1.54) is 6.92 Å². The summed E-state index contributed by atoms with van der Waals surface area (Å²) in [5.74, 6) is 2.23. The maximum absolute atomic E-state index is 11.0. The molecule has 0 saturated carbocycles. The van der Waals surface area contributed by atoms with Crippen molar-refractivity contribution in [3.05, 3.63) is 11.7 Å². The monoisotopic (exact) mass is 272 g/mol. The Kier molecular flexibility index (Phi) is 4.14. The summed E-state index contributed by atoms with van der Waals surface area (Å²) in [6.45, 7) is 6.00. The van der Waals surface area contributed by atoms with E-state index in [-0.39, 0.29) is 17.5 Å². The summed E-state index contributed by atoms with van der Waals surface area (Å²) in [6, 6.07) is 0. The van der Waals surface area contributed by atoms with Crippen LogP contribution in [-0.4, -0.2) is 32.2 Å². The predicted octanol–water partition coefficient (Wildman–Crippen LogP) is 2.50. The molecule has 3 atom stereocenters. The van der Waals surface area contributed by atoms with Gasteiger partial charge in [-0.3, -0.25) is 4.79 Å². The molecule has 0 aromatic carbocycles. The highest BCUT2D eigenvalue weighted by Crippen LogP contribution is 2.43. The molecule has 1 saturated heterocycles. The molecule has 0 spiro atoms. The Labute approximate surface area is 109 Å². The van der Waals surface area contributed by atoms with Crippen LogP contribution in [0.3, 0.4) is 0 Å². The highest BCUT2D eigenvalue weighted by Gasteiger charge is 2.29. The van der Waals surface area contributed by atoms with Gasteiger partial charge < -0.3 is 4.52 Å². The molecule has 4 nitrogen and oxygen atoms in total. The van der Waals surface area contributed by atoms with Gasteiger partial charge in [0.15, 0.2) is 5.82 Å². The molecule has 1 aliphatic rings. The minimum atomic E-state index is 0.0489. The number of ketones is 1. The third kappa shape index (κ3) is 3.25.